The lowest BCUT2D eigenvalue weighted by Gasteiger charge is -2.23. The van der Waals surface area contributed by atoms with Crippen LogP contribution < -0.4 is 10.6 Å². The fraction of sp³-hybridized carbons (Fsp3) is 0.750. The molecule has 1 aromatic rings. The maximum absolute atomic E-state index is 4.65. The van der Waals surface area contributed by atoms with Crippen LogP contribution in [0, 0.1) is 12.3 Å². The number of hydrogen-bond acceptors (Lipinski definition) is 3. The van der Waals surface area contributed by atoms with Gasteiger partial charge in [-0.1, -0.05) is 20.8 Å². The van der Waals surface area contributed by atoms with Crippen LogP contribution in [-0.4, -0.2) is 23.5 Å². The van der Waals surface area contributed by atoms with Gasteiger partial charge in [-0.3, -0.25) is 0 Å². The lowest BCUT2D eigenvalue weighted by molar-refractivity contribution is 0.346. The normalized spacial score (nSPS) is 13.5. The van der Waals surface area contributed by atoms with Gasteiger partial charge in [0.1, 0.15) is 0 Å². The monoisotopic (exact) mass is 438 g/mol. The molecule has 0 aliphatic rings. The number of thiazole rings is 1. The van der Waals surface area contributed by atoms with Crippen LogP contribution in [0.3, 0.4) is 0 Å². The molecule has 0 spiro atoms. The smallest absolute Gasteiger partial charge is 0.191 e. The lowest BCUT2D eigenvalue weighted by atomic mass is 9.89. The highest BCUT2D eigenvalue weighted by Gasteiger charge is 2.13. The molecule has 1 atom stereocenters. The average Bonchev–Trinajstić information content (AvgIpc) is 2.79. The first kappa shape index (κ1) is 21.6. The molecule has 1 rings (SSSR count). The third kappa shape index (κ3) is 9.61. The van der Waals surface area contributed by atoms with Gasteiger partial charge in [-0.05, 0) is 39.0 Å². The molecule has 0 saturated carbocycles. The first-order valence-corrected chi connectivity index (χ1v) is 8.58. The van der Waals surface area contributed by atoms with E-state index >= 15 is 0 Å². The Labute approximate surface area is 156 Å². The Morgan fingerprint density at radius 3 is 2.59 bits per heavy atom. The van der Waals surface area contributed by atoms with Crippen LogP contribution >= 0.6 is 35.3 Å². The molecule has 6 heteroatoms. The van der Waals surface area contributed by atoms with Gasteiger partial charge >= 0.3 is 0 Å². The van der Waals surface area contributed by atoms with Crippen LogP contribution in [0.1, 0.15) is 57.3 Å². The van der Waals surface area contributed by atoms with Gasteiger partial charge in [0.15, 0.2) is 5.96 Å². The minimum Gasteiger partial charge on any atom is -0.357 e. The second kappa shape index (κ2) is 10.4. The molecule has 0 fully saturated rings. The van der Waals surface area contributed by atoms with E-state index in [1.807, 2.05) is 13.1 Å². The minimum atomic E-state index is 0. The zero-order valence-electron chi connectivity index (χ0n) is 14.7. The van der Waals surface area contributed by atoms with Gasteiger partial charge in [0.2, 0.25) is 0 Å². The zero-order valence-corrected chi connectivity index (χ0v) is 17.8. The fourth-order valence-corrected chi connectivity index (χ4v) is 2.63. The molecule has 0 saturated heterocycles. The summed E-state index contributed by atoms with van der Waals surface area (Å²) in [6, 6.07) is 0.422. The summed E-state index contributed by atoms with van der Waals surface area (Å²) in [5.41, 5.74) is 0.381. The van der Waals surface area contributed by atoms with Crippen molar-refractivity contribution in [3.63, 3.8) is 0 Å². The molecule has 1 heterocycles. The Morgan fingerprint density at radius 2 is 2.09 bits per heavy atom. The summed E-state index contributed by atoms with van der Waals surface area (Å²) in [6.07, 6.45) is 4.26. The molecule has 0 aliphatic carbocycles. The van der Waals surface area contributed by atoms with Crippen LogP contribution in [0.25, 0.3) is 0 Å². The summed E-state index contributed by atoms with van der Waals surface area (Å²) in [4.78, 5) is 10.1. The van der Waals surface area contributed by atoms with Crippen molar-refractivity contribution < 1.29 is 0 Å². The van der Waals surface area contributed by atoms with Crippen molar-refractivity contribution in [2.75, 3.05) is 6.54 Å². The van der Waals surface area contributed by atoms with Gasteiger partial charge in [0.25, 0.3) is 0 Å². The molecule has 4 nitrogen and oxygen atoms in total. The van der Waals surface area contributed by atoms with Gasteiger partial charge in [0.05, 0.1) is 11.6 Å². The van der Waals surface area contributed by atoms with Crippen molar-refractivity contribution >= 4 is 41.3 Å². The van der Waals surface area contributed by atoms with Crippen LogP contribution in [0.15, 0.2) is 11.2 Å². The molecule has 1 aromatic heterocycles. The van der Waals surface area contributed by atoms with Gasteiger partial charge < -0.3 is 10.6 Å². The van der Waals surface area contributed by atoms with Gasteiger partial charge in [-0.25, -0.2) is 9.98 Å². The number of aliphatic imine (C=N–C) groups is 1. The second-order valence-electron chi connectivity index (χ2n) is 6.69. The molecule has 2 N–H and O–H groups in total. The predicted molar refractivity (Wildman–Crippen MR) is 108 cm³/mol. The molecule has 0 aliphatic heterocycles. The van der Waals surface area contributed by atoms with E-state index in [0.29, 0.717) is 18.0 Å². The van der Waals surface area contributed by atoms with Crippen LogP contribution in [0.4, 0.5) is 0 Å². The molecule has 22 heavy (non-hydrogen) atoms. The maximum Gasteiger partial charge on any atom is 0.191 e. The van der Waals surface area contributed by atoms with Crippen molar-refractivity contribution in [3.05, 3.63) is 16.1 Å². The topological polar surface area (TPSA) is 49.3 Å². The maximum atomic E-state index is 4.65. The molecule has 1 unspecified atom stereocenters. The van der Waals surface area contributed by atoms with E-state index in [9.17, 15) is 0 Å². The van der Waals surface area contributed by atoms with E-state index in [1.165, 1.54) is 11.3 Å². The molecule has 0 bridgehead atoms. The number of aromatic nitrogens is 1. The predicted octanol–water partition coefficient (Wildman–Crippen LogP) is 4.34. The van der Waals surface area contributed by atoms with Crippen molar-refractivity contribution in [2.45, 2.75) is 67.0 Å². The Balaban J connectivity index is 0.00000441. The Hall–Kier alpha value is -0.370. The Bertz CT molecular complexity index is 451. The number of halogens is 1. The summed E-state index contributed by atoms with van der Waals surface area (Å²) in [6.45, 7) is 14.7. The van der Waals surface area contributed by atoms with Crippen LogP contribution in [0.5, 0.6) is 0 Å². The summed E-state index contributed by atoms with van der Waals surface area (Å²) in [7, 11) is 0. The standard InChI is InChI=1S/C16H30N4S.HI/c1-7-17-15(19-11-14-10-18-13(3)21-14)20-12(2)8-9-16(4,5)6;/h10,12H,7-9,11H2,1-6H3,(H2,17,19,20);1H. The Kier molecular flexibility index (Phi) is 10.2. The van der Waals surface area contributed by atoms with Crippen molar-refractivity contribution in [1.82, 2.24) is 15.6 Å². The van der Waals surface area contributed by atoms with Crippen LogP contribution in [-0.2, 0) is 6.54 Å². The summed E-state index contributed by atoms with van der Waals surface area (Å²) in [5.74, 6) is 0.893. The van der Waals surface area contributed by atoms with Crippen molar-refractivity contribution in [1.29, 1.82) is 0 Å². The van der Waals surface area contributed by atoms with Crippen molar-refractivity contribution in [3.8, 4) is 0 Å². The molecule has 0 amide bonds. The van der Waals surface area contributed by atoms with E-state index in [1.54, 1.807) is 11.3 Å². The zero-order chi connectivity index (χ0) is 15.9. The molecule has 0 aromatic carbocycles. The molecule has 128 valence electrons. The highest BCUT2D eigenvalue weighted by molar-refractivity contribution is 14.0. The quantitative estimate of drug-likeness (QED) is 0.395. The number of nitrogens with one attached hydrogen (secondary N) is 2. The van der Waals surface area contributed by atoms with Gasteiger partial charge in [-0.15, -0.1) is 35.3 Å². The number of rotatable bonds is 6. The van der Waals surface area contributed by atoms with E-state index in [-0.39, 0.29) is 24.0 Å². The molecular formula is C16H31IN4S. The van der Waals surface area contributed by atoms with Crippen LogP contribution in [0.2, 0.25) is 0 Å². The Morgan fingerprint density at radius 1 is 1.41 bits per heavy atom. The first-order chi connectivity index (χ1) is 9.80. The highest BCUT2D eigenvalue weighted by Crippen LogP contribution is 2.21. The second-order valence-corrected chi connectivity index (χ2v) is 8.00. The summed E-state index contributed by atoms with van der Waals surface area (Å²) < 4.78 is 0. The highest BCUT2D eigenvalue weighted by atomic mass is 127. The van der Waals surface area contributed by atoms with E-state index < -0.39 is 0 Å². The SMILES string of the molecule is CCNC(=NCc1cnc(C)s1)NC(C)CCC(C)(C)C.I. The number of nitrogens with zero attached hydrogens (tertiary/aromatic N) is 2. The summed E-state index contributed by atoms with van der Waals surface area (Å²) in [5, 5.41) is 7.90. The van der Waals surface area contributed by atoms with Gasteiger partial charge in [0, 0.05) is 23.7 Å². The van der Waals surface area contributed by atoms with Crippen molar-refractivity contribution in [2.24, 2.45) is 10.4 Å². The van der Waals surface area contributed by atoms with E-state index in [0.717, 1.165) is 23.9 Å². The first-order valence-electron chi connectivity index (χ1n) is 7.76. The largest absolute Gasteiger partial charge is 0.357 e. The number of hydrogen-bond donors (Lipinski definition) is 2. The van der Waals surface area contributed by atoms with E-state index in [2.05, 4.69) is 55.2 Å². The molecular weight excluding hydrogens is 407 g/mol. The minimum absolute atomic E-state index is 0. The lowest BCUT2D eigenvalue weighted by Crippen LogP contribution is -2.42. The van der Waals surface area contributed by atoms with Gasteiger partial charge in [-0.2, -0.15) is 0 Å². The van der Waals surface area contributed by atoms with E-state index in [4.69, 9.17) is 0 Å². The number of aryl methyl sites for hydroxylation is 1. The third-order valence-electron chi connectivity index (χ3n) is 3.12. The third-order valence-corrected chi connectivity index (χ3v) is 4.01. The summed E-state index contributed by atoms with van der Waals surface area (Å²) >= 11 is 1.71. The number of guanidine groups is 1. The fourth-order valence-electron chi connectivity index (χ4n) is 1.91. The molecule has 0 radical (unpaired) electrons. The average molecular weight is 438 g/mol.